The van der Waals surface area contributed by atoms with E-state index in [-0.39, 0.29) is 36.0 Å². The topological polar surface area (TPSA) is 170 Å². The number of benzene rings is 2. The van der Waals surface area contributed by atoms with Crippen LogP contribution in [0, 0.1) is 10.1 Å². The third kappa shape index (κ3) is 5.73. The number of ether oxygens (including phenoxy) is 1. The van der Waals surface area contributed by atoms with Crippen LogP contribution in [0.4, 0.5) is 11.6 Å². The summed E-state index contributed by atoms with van der Waals surface area (Å²) in [5.74, 6) is 0.668. The zero-order valence-electron chi connectivity index (χ0n) is 20.1. The second-order valence-corrected chi connectivity index (χ2v) is 8.22. The summed E-state index contributed by atoms with van der Waals surface area (Å²) in [6.07, 6.45) is 1.20. The highest BCUT2D eigenvalue weighted by molar-refractivity contribution is 5.81. The number of fused-ring (bicyclic) bond motifs is 1. The SMILES string of the molecule is CCc1ccc(OCC(O)Cn2c(NN=Cc3cccc([N+](=O)[O-])c3)nc3c2c(=O)[nH]c(=O)n3C)cc1. The molecule has 4 rings (SSSR count). The Morgan fingerprint density at radius 2 is 2.03 bits per heavy atom. The number of hydrogen-bond acceptors (Lipinski definition) is 9. The number of aryl methyl sites for hydroxylation is 2. The van der Waals surface area contributed by atoms with E-state index in [2.05, 4.69) is 20.5 Å². The van der Waals surface area contributed by atoms with E-state index in [1.54, 1.807) is 6.07 Å². The van der Waals surface area contributed by atoms with Crippen molar-refractivity contribution in [1.29, 1.82) is 0 Å². The van der Waals surface area contributed by atoms with Crippen molar-refractivity contribution in [3.05, 3.63) is 90.6 Å². The second-order valence-electron chi connectivity index (χ2n) is 8.22. The number of H-pyrrole nitrogens is 1. The molecule has 192 valence electrons. The van der Waals surface area contributed by atoms with E-state index in [4.69, 9.17) is 4.74 Å². The van der Waals surface area contributed by atoms with Crippen LogP contribution in [0.5, 0.6) is 5.75 Å². The Hall–Kier alpha value is -4.78. The fourth-order valence-corrected chi connectivity index (χ4v) is 3.66. The summed E-state index contributed by atoms with van der Waals surface area (Å²) in [6.45, 7) is 1.89. The third-order valence-corrected chi connectivity index (χ3v) is 5.63. The van der Waals surface area contributed by atoms with Crippen LogP contribution < -0.4 is 21.4 Å². The van der Waals surface area contributed by atoms with E-state index >= 15 is 0 Å². The molecule has 0 saturated carbocycles. The molecule has 0 aliphatic carbocycles. The predicted octanol–water partition coefficient (Wildman–Crippen LogP) is 1.78. The molecule has 1 unspecified atom stereocenters. The van der Waals surface area contributed by atoms with Crippen molar-refractivity contribution in [2.45, 2.75) is 26.0 Å². The molecule has 4 aromatic rings. The summed E-state index contributed by atoms with van der Waals surface area (Å²) in [5.41, 5.74) is 3.04. The summed E-state index contributed by atoms with van der Waals surface area (Å²) < 4.78 is 8.24. The number of rotatable bonds is 10. The highest BCUT2D eigenvalue weighted by atomic mass is 16.6. The van der Waals surface area contributed by atoms with Crippen LogP contribution in [0.3, 0.4) is 0 Å². The molecule has 37 heavy (non-hydrogen) atoms. The fraction of sp³-hybridized carbons (Fsp3) is 0.250. The minimum atomic E-state index is -1.04. The van der Waals surface area contributed by atoms with Crippen LogP contribution in [-0.4, -0.2) is 48.1 Å². The van der Waals surface area contributed by atoms with Crippen LogP contribution >= 0.6 is 0 Å². The van der Waals surface area contributed by atoms with Gasteiger partial charge in [-0.25, -0.2) is 10.2 Å². The molecular weight excluding hydrogens is 482 g/mol. The quantitative estimate of drug-likeness (QED) is 0.166. The molecule has 0 amide bonds. The van der Waals surface area contributed by atoms with Gasteiger partial charge in [0, 0.05) is 24.7 Å². The number of imidazole rings is 1. The number of hydrogen-bond donors (Lipinski definition) is 3. The van der Waals surface area contributed by atoms with E-state index in [9.17, 15) is 24.8 Å². The van der Waals surface area contributed by atoms with Gasteiger partial charge in [-0.05, 0) is 24.1 Å². The number of aliphatic hydroxyl groups excluding tert-OH is 1. The number of aromatic amines is 1. The molecule has 0 spiro atoms. The van der Waals surface area contributed by atoms with Crippen LogP contribution in [0.15, 0.2) is 63.2 Å². The van der Waals surface area contributed by atoms with Crippen molar-refractivity contribution < 1.29 is 14.8 Å². The molecule has 1 atom stereocenters. The average Bonchev–Trinajstić information content (AvgIpc) is 3.25. The molecule has 2 aromatic heterocycles. The Morgan fingerprint density at radius 1 is 1.27 bits per heavy atom. The largest absolute Gasteiger partial charge is 0.491 e. The van der Waals surface area contributed by atoms with Gasteiger partial charge >= 0.3 is 5.69 Å². The molecule has 2 aromatic carbocycles. The first kappa shape index (κ1) is 25.3. The molecule has 0 aliphatic heterocycles. The molecule has 3 N–H and O–H groups in total. The first-order valence-electron chi connectivity index (χ1n) is 11.4. The van der Waals surface area contributed by atoms with E-state index in [1.165, 1.54) is 40.6 Å². The molecule has 0 saturated heterocycles. The lowest BCUT2D eigenvalue weighted by molar-refractivity contribution is -0.384. The highest BCUT2D eigenvalue weighted by Gasteiger charge is 2.20. The van der Waals surface area contributed by atoms with Gasteiger partial charge in [0.25, 0.3) is 11.2 Å². The van der Waals surface area contributed by atoms with E-state index < -0.39 is 22.3 Å². The van der Waals surface area contributed by atoms with Gasteiger partial charge in [-0.2, -0.15) is 10.1 Å². The number of aromatic nitrogens is 4. The van der Waals surface area contributed by atoms with Gasteiger partial charge < -0.3 is 14.4 Å². The summed E-state index contributed by atoms with van der Waals surface area (Å²) >= 11 is 0. The van der Waals surface area contributed by atoms with Gasteiger partial charge in [0.15, 0.2) is 11.2 Å². The zero-order valence-corrected chi connectivity index (χ0v) is 20.1. The van der Waals surface area contributed by atoms with Crippen LogP contribution in [0.25, 0.3) is 11.2 Å². The molecule has 0 aliphatic rings. The maximum Gasteiger partial charge on any atom is 0.329 e. The summed E-state index contributed by atoms with van der Waals surface area (Å²) in [7, 11) is 1.45. The van der Waals surface area contributed by atoms with Crippen molar-refractivity contribution >= 4 is 29.0 Å². The number of anilines is 1. The number of nitro benzene ring substituents is 1. The predicted molar refractivity (Wildman–Crippen MR) is 137 cm³/mol. The molecule has 2 heterocycles. The van der Waals surface area contributed by atoms with Crippen LogP contribution in [-0.2, 0) is 20.0 Å². The number of aliphatic hydroxyl groups is 1. The lowest BCUT2D eigenvalue weighted by Crippen LogP contribution is -2.30. The third-order valence-electron chi connectivity index (χ3n) is 5.63. The Bertz CT molecular complexity index is 1570. The van der Waals surface area contributed by atoms with Gasteiger partial charge in [-0.15, -0.1) is 0 Å². The number of non-ortho nitro benzene ring substituents is 1. The fourth-order valence-electron chi connectivity index (χ4n) is 3.66. The molecule has 0 fully saturated rings. The highest BCUT2D eigenvalue weighted by Crippen LogP contribution is 2.18. The monoisotopic (exact) mass is 507 g/mol. The Morgan fingerprint density at radius 3 is 2.73 bits per heavy atom. The summed E-state index contributed by atoms with van der Waals surface area (Å²) in [6, 6.07) is 13.4. The smallest absolute Gasteiger partial charge is 0.329 e. The van der Waals surface area contributed by atoms with Crippen molar-refractivity contribution in [2.75, 3.05) is 12.0 Å². The summed E-state index contributed by atoms with van der Waals surface area (Å²) in [5, 5.41) is 25.8. The van der Waals surface area contributed by atoms with Crippen molar-refractivity contribution in [3.8, 4) is 5.75 Å². The average molecular weight is 508 g/mol. The minimum absolute atomic E-state index is 0.0569. The standard InChI is InChI=1S/C24H25N7O6/c1-3-15-7-9-19(10-8-15)37-14-18(32)13-30-20-21(29(2)24(34)27-22(20)33)26-23(30)28-25-12-16-5-4-6-17(11-16)31(35)36/h4-12,18,32H,3,13-14H2,1-2H3,(H,26,28)(H,27,33,34). The van der Waals surface area contributed by atoms with Crippen molar-refractivity contribution in [2.24, 2.45) is 12.1 Å². The van der Waals surface area contributed by atoms with Gasteiger partial charge in [0.2, 0.25) is 5.95 Å². The Kier molecular flexibility index (Phi) is 7.44. The van der Waals surface area contributed by atoms with Crippen molar-refractivity contribution in [3.63, 3.8) is 0 Å². The van der Waals surface area contributed by atoms with Gasteiger partial charge in [0.05, 0.1) is 17.7 Å². The lowest BCUT2D eigenvalue weighted by atomic mass is 10.2. The maximum absolute atomic E-state index is 12.6. The molecular formula is C24H25N7O6. The first-order valence-corrected chi connectivity index (χ1v) is 11.4. The van der Waals surface area contributed by atoms with Crippen LogP contribution in [0.2, 0.25) is 0 Å². The van der Waals surface area contributed by atoms with Crippen LogP contribution in [0.1, 0.15) is 18.1 Å². The number of nitrogens with zero attached hydrogens (tertiary/aromatic N) is 5. The zero-order chi connectivity index (χ0) is 26.5. The first-order chi connectivity index (χ1) is 17.8. The second kappa shape index (κ2) is 10.9. The maximum atomic E-state index is 12.6. The number of nitrogens with one attached hydrogen (secondary N) is 2. The molecule has 13 nitrogen and oxygen atoms in total. The summed E-state index contributed by atoms with van der Waals surface area (Å²) in [4.78, 5) is 41.7. The number of nitro groups is 1. The Labute approximate surface area is 209 Å². The van der Waals surface area contributed by atoms with E-state index in [0.29, 0.717) is 11.3 Å². The molecule has 0 radical (unpaired) electrons. The molecule has 0 bridgehead atoms. The lowest BCUT2D eigenvalue weighted by Gasteiger charge is -2.15. The molecule has 13 heteroatoms. The number of hydrazone groups is 1. The van der Waals surface area contributed by atoms with Gasteiger partial charge in [-0.1, -0.05) is 31.2 Å². The van der Waals surface area contributed by atoms with E-state index in [1.807, 2.05) is 31.2 Å². The van der Waals surface area contributed by atoms with E-state index in [0.717, 1.165) is 12.0 Å². The normalized spacial score (nSPS) is 12.2. The minimum Gasteiger partial charge on any atom is -0.491 e. The van der Waals surface area contributed by atoms with Gasteiger partial charge in [-0.3, -0.25) is 24.5 Å². The van der Waals surface area contributed by atoms with Gasteiger partial charge in [0.1, 0.15) is 18.5 Å². The van der Waals surface area contributed by atoms with Crippen molar-refractivity contribution in [1.82, 2.24) is 19.1 Å². The Balaban J connectivity index is 1.59.